The van der Waals surface area contributed by atoms with Gasteiger partial charge in [-0.2, -0.15) is 0 Å². The van der Waals surface area contributed by atoms with Crippen LogP contribution >= 0.6 is 11.3 Å². The SMILES string of the molecule is c1ccc(-c2cccc(-c3nc(-c4ccc(-c5ccc6ccccc6c5)cc4)nc(-c4cccc5sc6ccccc6c45)n3)c2)cc1. The molecular weight excluding hydrogens is 591 g/mol. The zero-order valence-electron chi connectivity index (χ0n) is 25.3. The topological polar surface area (TPSA) is 38.7 Å². The molecule has 3 nitrogen and oxygen atoms in total. The fourth-order valence-corrected chi connectivity index (χ4v) is 7.50. The highest BCUT2D eigenvalue weighted by atomic mass is 32.1. The molecule has 9 rings (SSSR count). The lowest BCUT2D eigenvalue weighted by Crippen LogP contribution is -2.00. The molecule has 0 spiro atoms. The van der Waals surface area contributed by atoms with Crippen LogP contribution in [0.25, 0.3) is 87.4 Å². The molecule has 0 saturated heterocycles. The zero-order valence-corrected chi connectivity index (χ0v) is 26.2. The van der Waals surface area contributed by atoms with Crippen LogP contribution in [0.15, 0.2) is 164 Å². The Bertz CT molecular complexity index is 2570. The van der Waals surface area contributed by atoms with Gasteiger partial charge in [0.25, 0.3) is 0 Å². The second-order valence-electron chi connectivity index (χ2n) is 11.7. The molecule has 0 bridgehead atoms. The molecule has 0 radical (unpaired) electrons. The third-order valence-corrected chi connectivity index (χ3v) is 9.87. The molecule has 220 valence electrons. The van der Waals surface area contributed by atoms with Gasteiger partial charge in [0, 0.05) is 36.9 Å². The van der Waals surface area contributed by atoms with Gasteiger partial charge in [-0.15, -0.1) is 11.3 Å². The van der Waals surface area contributed by atoms with E-state index in [4.69, 9.17) is 15.0 Å². The van der Waals surface area contributed by atoms with E-state index in [0.717, 1.165) is 33.4 Å². The molecule has 2 heterocycles. The van der Waals surface area contributed by atoms with Gasteiger partial charge in [-0.05, 0) is 57.3 Å². The van der Waals surface area contributed by atoms with E-state index in [9.17, 15) is 0 Å². The standard InChI is InChI=1S/C43H27N3S/c1-2-10-28(11-3-1)33-14-8-15-35(27-33)42-44-41(31-23-20-30(21-24-31)34-25-22-29-12-4-5-13-32(29)26-34)45-43(46-42)37-17-9-19-39-40(37)36-16-6-7-18-38(36)47-39/h1-27H. The summed E-state index contributed by atoms with van der Waals surface area (Å²) in [6.07, 6.45) is 0. The van der Waals surface area contributed by atoms with Crippen LogP contribution in [0, 0.1) is 0 Å². The van der Waals surface area contributed by atoms with Gasteiger partial charge in [0.1, 0.15) is 0 Å². The van der Waals surface area contributed by atoms with E-state index in [2.05, 4.69) is 158 Å². The molecule has 7 aromatic carbocycles. The summed E-state index contributed by atoms with van der Waals surface area (Å²) in [5.74, 6) is 1.97. The van der Waals surface area contributed by atoms with Crippen molar-refractivity contribution < 1.29 is 0 Å². The van der Waals surface area contributed by atoms with Gasteiger partial charge in [0.05, 0.1) is 0 Å². The Balaban J connectivity index is 1.20. The smallest absolute Gasteiger partial charge is 0.164 e. The number of nitrogens with zero attached hydrogens (tertiary/aromatic N) is 3. The molecule has 0 fully saturated rings. The van der Waals surface area contributed by atoms with Gasteiger partial charge >= 0.3 is 0 Å². The van der Waals surface area contributed by atoms with Crippen LogP contribution in [0.2, 0.25) is 0 Å². The minimum atomic E-state index is 0.650. The molecule has 0 aliphatic rings. The Morgan fingerprint density at radius 3 is 1.79 bits per heavy atom. The van der Waals surface area contributed by atoms with E-state index in [-0.39, 0.29) is 0 Å². The molecule has 2 aromatic heterocycles. The Morgan fingerprint density at radius 2 is 0.915 bits per heavy atom. The van der Waals surface area contributed by atoms with Crippen LogP contribution in [0.4, 0.5) is 0 Å². The molecule has 4 heteroatoms. The van der Waals surface area contributed by atoms with Gasteiger partial charge in [0.2, 0.25) is 0 Å². The highest BCUT2D eigenvalue weighted by Gasteiger charge is 2.17. The summed E-state index contributed by atoms with van der Waals surface area (Å²) in [5, 5.41) is 4.87. The van der Waals surface area contributed by atoms with Crippen molar-refractivity contribution in [3.63, 3.8) is 0 Å². The van der Waals surface area contributed by atoms with E-state index in [0.29, 0.717) is 17.5 Å². The summed E-state index contributed by atoms with van der Waals surface area (Å²) in [6, 6.07) is 57.5. The molecular formula is C43H27N3S. The van der Waals surface area contributed by atoms with E-state index in [1.165, 1.54) is 36.5 Å². The minimum absolute atomic E-state index is 0.650. The third kappa shape index (κ3) is 5.05. The second kappa shape index (κ2) is 11.4. The number of benzene rings is 7. The molecule has 0 aliphatic carbocycles. The molecule has 0 aliphatic heterocycles. The first-order valence-corrected chi connectivity index (χ1v) is 16.5. The van der Waals surface area contributed by atoms with Crippen molar-refractivity contribution >= 4 is 42.3 Å². The van der Waals surface area contributed by atoms with E-state index < -0.39 is 0 Å². The summed E-state index contributed by atoms with van der Waals surface area (Å²) < 4.78 is 2.47. The molecule has 0 unspecified atom stereocenters. The third-order valence-electron chi connectivity index (χ3n) is 8.73. The predicted octanol–water partition coefficient (Wildman–Crippen LogP) is 11.7. The van der Waals surface area contributed by atoms with Crippen LogP contribution in [0.3, 0.4) is 0 Å². The molecule has 0 saturated carbocycles. The van der Waals surface area contributed by atoms with E-state index in [1.807, 2.05) is 6.07 Å². The van der Waals surface area contributed by atoms with Gasteiger partial charge in [-0.3, -0.25) is 0 Å². The van der Waals surface area contributed by atoms with Crippen molar-refractivity contribution in [2.75, 3.05) is 0 Å². The maximum atomic E-state index is 5.15. The Hall–Kier alpha value is -5.97. The number of hydrogen-bond acceptors (Lipinski definition) is 4. The van der Waals surface area contributed by atoms with Crippen molar-refractivity contribution in [3.8, 4) is 56.4 Å². The zero-order chi connectivity index (χ0) is 31.2. The molecule has 0 amide bonds. The summed E-state index contributed by atoms with van der Waals surface area (Å²) in [7, 11) is 0. The van der Waals surface area contributed by atoms with Gasteiger partial charge in [-0.25, -0.2) is 15.0 Å². The van der Waals surface area contributed by atoms with Crippen molar-refractivity contribution in [3.05, 3.63) is 164 Å². The van der Waals surface area contributed by atoms with Gasteiger partial charge in [-0.1, -0.05) is 140 Å². The summed E-state index contributed by atoms with van der Waals surface area (Å²) in [4.78, 5) is 15.4. The first-order chi connectivity index (χ1) is 23.3. The maximum absolute atomic E-state index is 5.15. The van der Waals surface area contributed by atoms with Gasteiger partial charge in [0.15, 0.2) is 17.5 Å². The van der Waals surface area contributed by atoms with Crippen molar-refractivity contribution in [1.29, 1.82) is 0 Å². The predicted molar refractivity (Wildman–Crippen MR) is 197 cm³/mol. The fourth-order valence-electron chi connectivity index (χ4n) is 6.36. The quantitative estimate of drug-likeness (QED) is 0.193. The van der Waals surface area contributed by atoms with Crippen molar-refractivity contribution in [2.45, 2.75) is 0 Å². The van der Waals surface area contributed by atoms with Crippen molar-refractivity contribution in [2.24, 2.45) is 0 Å². The van der Waals surface area contributed by atoms with Crippen LogP contribution in [0.1, 0.15) is 0 Å². The Morgan fingerprint density at radius 1 is 0.340 bits per heavy atom. The highest BCUT2D eigenvalue weighted by molar-refractivity contribution is 7.25. The molecule has 9 aromatic rings. The minimum Gasteiger partial charge on any atom is -0.208 e. The van der Waals surface area contributed by atoms with E-state index in [1.54, 1.807) is 11.3 Å². The first-order valence-electron chi connectivity index (χ1n) is 15.7. The molecule has 0 atom stereocenters. The first kappa shape index (κ1) is 27.3. The Kier molecular flexibility index (Phi) is 6.65. The van der Waals surface area contributed by atoms with Crippen LogP contribution in [-0.2, 0) is 0 Å². The number of aromatic nitrogens is 3. The van der Waals surface area contributed by atoms with Crippen LogP contribution in [0.5, 0.6) is 0 Å². The monoisotopic (exact) mass is 617 g/mol. The summed E-state index contributed by atoms with van der Waals surface area (Å²) in [5.41, 5.74) is 7.52. The normalized spacial score (nSPS) is 11.4. The van der Waals surface area contributed by atoms with E-state index >= 15 is 0 Å². The average molecular weight is 618 g/mol. The number of thiophene rings is 1. The number of rotatable bonds is 5. The lowest BCUT2D eigenvalue weighted by Gasteiger charge is -2.11. The van der Waals surface area contributed by atoms with Crippen LogP contribution < -0.4 is 0 Å². The lowest BCUT2D eigenvalue weighted by molar-refractivity contribution is 1.08. The average Bonchev–Trinajstić information content (AvgIpc) is 3.54. The fraction of sp³-hybridized carbons (Fsp3) is 0. The molecule has 0 N–H and O–H groups in total. The Labute approximate surface area is 276 Å². The van der Waals surface area contributed by atoms with Gasteiger partial charge < -0.3 is 0 Å². The van der Waals surface area contributed by atoms with Crippen molar-refractivity contribution in [1.82, 2.24) is 15.0 Å². The second-order valence-corrected chi connectivity index (χ2v) is 12.8. The maximum Gasteiger partial charge on any atom is 0.164 e. The number of hydrogen-bond donors (Lipinski definition) is 0. The highest BCUT2D eigenvalue weighted by Crippen LogP contribution is 2.40. The number of fused-ring (bicyclic) bond motifs is 4. The molecule has 47 heavy (non-hydrogen) atoms. The lowest BCUT2D eigenvalue weighted by atomic mass is 10.00. The largest absolute Gasteiger partial charge is 0.208 e. The summed E-state index contributed by atoms with van der Waals surface area (Å²) >= 11 is 1.80. The van der Waals surface area contributed by atoms with Crippen LogP contribution in [-0.4, -0.2) is 15.0 Å². The summed E-state index contributed by atoms with van der Waals surface area (Å²) in [6.45, 7) is 0.